The SMILES string of the molecule is N=C/C=N\Nc1ccc(F)cc1C(=O)N1CCC(F)(F)C1CNc1cnc(C(F)(F)F)cn1. The number of benzene rings is 1. The number of hydrazone groups is 1. The Balaban J connectivity index is 1.80. The van der Waals surface area contributed by atoms with Gasteiger partial charge in [-0.15, -0.1) is 0 Å². The second kappa shape index (κ2) is 9.42. The van der Waals surface area contributed by atoms with Gasteiger partial charge >= 0.3 is 6.18 Å². The Morgan fingerprint density at radius 1 is 1.30 bits per heavy atom. The van der Waals surface area contributed by atoms with Crippen LogP contribution in [0.25, 0.3) is 0 Å². The number of nitrogens with zero attached hydrogens (tertiary/aromatic N) is 4. The van der Waals surface area contributed by atoms with Crippen molar-refractivity contribution < 1.29 is 31.1 Å². The third-order valence-corrected chi connectivity index (χ3v) is 4.78. The van der Waals surface area contributed by atoms with Crippen molar-refractivity contribution in [2.45, 2.75) is 24.6 Å². The lowest BCUT2D eigenvalue weighted by Gasteiger charge is -2.28. The van der Waals surface area contributed by atoms with Crippen LogP contribution in [-0.2, 0) is 6.18 Å². The second-order valence-electron chi connectivity index (χ2n) is 6.94. The summed E-state index contributed by atoms with van der Waals surface area (Å²) >= 11 is 0. The maximum atomic E-state index is 14.5. The van der Waals surface area contributed by atoms with Crippen molar-refractivity contribution >= 4 is 29.8 Å². The molecule has 1 aliphatic rings. The van der Waals surface area contributed by atoms with Crippen LogP contribution < -0.4 is 10.7 Å². The van der Waals surface area contributed by atoms with Crippen LogP contribution in [0.3, 0.4) is 0 Å². The van der Waals surface area contributed by atoms with Gasteiger partial charge in [0.15, 0.2) is 5.69 Å². The normalized spacial score (nSPS) is 17.9. The minimum Gasteiger partial charge on any atom is -0.366 e. The van der Waals surface area contributed by atoms with Gasteiger partial charge in [-0.3, -0.25) is 10.2 Å². The average molecular weight is 473 g/mol. The maximum absolute atomic E-state index is 14.5. The van der Waals surface area contributed by atoms with E-state index >= 15 is 0 Å². The Morgan fingerprint density at radius 3 is 2.70 bits per heavy atom. The number of carbonyl (C=O) groups excluding carboxylic acids is 1. The molecule has 1 fully saturated rings. The lowest BCUT2D eigenvalue weighted by Crippen LogP contribution is -2.47. The van der Waals surface area contributed by atoms with Gasteiger partial charge in [-0.1, -0.05) is 0 Å². The van der Waals surface area contributed by atoms with E-state index in [9.17, 15) is 31.1 Å². The van der Waals surface area contributed by atoms with Gasteiger partial charge in [0.25, 0.3) is 11.8 Å². The van der Waals surface area contributed by atoms with Crippen molar-refractivity contribution in [3.05, 3.63) is 47.7 Å². The zero-order chi connectivity index (χ0) is 24.2. The Morgan fingerprint density at radius 2 is 2.06 bits per heavy atom. The molecule has 0 radical (unpaired) electrons. The highest BCUT2D eigenvalue weighted by molar-refractivity contribution is 6.14. The van der Waals surface area contributed by atoms with Gasteiger partial charge < -0.3 is 15.6 Å². The van der Waals surface area contributed by atoms with E-state index in [-0.39, 0.29) is 23.6 Å². The van der Waals surface area contributed by atoms with Crippen molar-refractivity contribution in [1.29, 1.82) is 5.41 Å². The zero-order valence-corrected chi connectivity index (χ0v) is 16.7. The minimum atomic E-state index is -4.70. The first-order valence-electron chi connectivity index (χ1n) is 9.42. The maximum Gasteiger partial charge on any atom is 0.434 e. The predicted octanol–water partition coefficient (Wildman–Crippen LogP) is 3.64. The Kier molecular flexibility index (Phi) is 6.84. The van der Waals surface area contributed by atoms with E-state index in [4.69, 9.17) is 5.41 Å². The second-order valence-corrected chi connectivity index (χ2v) is 6.94. The van der Waals surface area contributed by atoms with E-state index in [0.29, 0.717) is 6.20 Å². The number of likely N-dealkylation sites (tertiary alicyclic amines) is 1. The minimum absolute atomic E-state index is 0.0371. The van der Waals surface area contributed by atoms with Crippen LogP contribution in [-0.4, -0.2) is 58.3 Å². The van der Waals surface area contributed by atoms with E-state index in [1.54, 1.807) is 0 Å². The molecule has 1 aromatic heterocycles. The van der Waals surface area contributed by atoms with Gasteiger partial charge in [0.2, 0.25) is 0 Å². The van der Waals surface area contributed by atoms with Crippen LogP contribution in [0, 0.1) is 11.2 Å². The summed E-state index contributed by atoms with van der Waals surface area (Å²) in [4.78, 5) is 20.6. The molecule has 3 rings (SSSR count). The Bertz CT molecular complexity index is 1040. The number of carbonyl (C=O) groups is 1. The van der Waals surface area contributed by atoms with Crippen molar-refractivity contribution in [1.82, 2.24) is 14.9 Å². The largest absolute Gasteiger partial charge is 0.434 e. The quantitative estimate of drug-likeness (QED) is 0.324. The molecular formula is C19H17F6N7O. The summed E-state index contributed by atoms with van der Waals surface area (Å²) in [6.45, 7) is -0.876. The monoisotopic (exact) mass is 473 g/mol. The third-order valence-electron chi connectivity index (χ3n) is 4.78. The van der Waals surface area contributed by atoms with Crippen LogP contribution in [0.5, 0.6) is 0 Å². The molecular weight excluding hydrogens is 456 g/mol. The molecule has 33 heavy (non-hydrogen) atoms. The molecule has 0 bridgehead atoms. The highest BCUT2D eigenvalue weighted by Gasteiger charge is 2.50. The predicted molar refractivity (Wildman–Crippen MR) is 107 cm³/mol. The third kappa shape index (κ3) is 5.56. The first kappa shape index (κ1) is 23.9. The molecule has 176 valence electrons. The van der Waals surface area contributed by atoms with Crippen LogP contribution >= 0.6 is 0 Å². The van der Waals surface area contributed by atoms with Gasteiger partial charge in [-0.25, -0.2) is 23.1 Å². The Labute approximate surface area is 183 Å². The van der Waals surface area contributed by atoms with Gasteiger partial charge in [-0.05, 0) is 18.2 Å². The lowest BCUT2D eigenvalue weighted by atomic mass is 10.1. The van der Waals surface area contributed by atoms with E-state index in [1.165, 1.54) is 6.07 Å². The summed E-state index contributed by atoms with van der Waals surface area (Å²) in [5.74, 6) is -5.18. The number of hydrogen-bond donors (Lipinski definition) is 3. The van der Waals surface area contributed by atoms with Crippen LogP contribution in [0.1, 0.15) is 22.5 Å². The molecule has 2 aromatic rings. The number of nitrogens with one attached hydrogen (secondary N) is 3. The van der Waals surface area contributed by atoms with E-state index in [1.807, 2.05) is 0 Å². The van der Waals surface area contributed by atoms with Crippen LogP contribution in [0.15, 0.2) is 35.7 Å². The van der Waals surface area contributed by atoms with Gasteiger partial charge in [0, 0.05) is 25.7 Å². The molecule has 1 aliphatic heterocycles. The van der Waals surface area contributed by atoms with Crippen LogP contribution in [0.2, 0.25) is 0 Å². The number of alkyl halides is 5. The van der Waals surface area contributed by atoms with E-state index < -0.39 is 48.5 Å². The van der Waals surface area contributed by atoms with E-state index in [2.05, 4.69) is 25.8 Å². The molecule has 1 unspecified atom stereocenters. The number of hydrogen-bond acceptors (Lipinski definition) is 7. The number of halogens is 6. The molecule has 1 atom stereocenters. The molecule has 1 amide bonds. The highest BCUT2D eigenvalue weighted by Crippen LogP contribution is 2.36. The molecule has 0 spiro atoms. The molecule has 0 aliphatic carbocycles. The summed E-state index contributed by atoms with van der Waals surface area (Å²) in [5, 5.41) is 13.0. The first-order valence-corrected chi connectivity index (χ1v) is 9.42. The van der Waals surface area contributed by atoms with Gasteiger partial charge in [-0.2, -0.15) is 18.3 Å². The molecule has 2 heterocycles. The van der Waals surface area contributed by atoms with Crippen molar-refractivity contribution in [2.24, 2.45) is 5.10 Å². The average Bonchev–Trinajstić information content (AvgIpc) is 3.06. The number of amides is 1. The zero-order valence-electron chi connectivity index (χ0n) is 16.7. The molecule has 3 N–H and O–H groups in total. The fourth-order valence-corrected chi connectivity index (χ4v) is 3.18. The van der Waals surface area contributed by atoms with Gasteiger partial charge in [0.1, 0.15) is 17.7 Å². The molecule has 1 aromatic carbocycles. The fraction of sp³-hybridized carbons (Fsp3) is 0.316. The van der Waals surface area contributed by atoms with Crippen molar-refractivity contribution in [2.75, 3.05) is 23.8 Å². The topological polar surface area (TPSA) is 106 Å². The van der Waals surface area contributed by atoms with Crippen LogP contribution in [0.4, 0.5) is 37.8 Å². The molecule has 14 heteroatoms. The lowest BCUT2D eigenvalue weighted by molar-refractivity contribution is -0.141. The smallest absolute Gasteiger partial charge is 0.366 e. The first-order chi connectivity index (χ1) is 15.5. The summed E-state index contributed by atoms with van der Waals surface area (Å²) in [7, 11) is 0. The standard InChI is InChI=1S/C19H17F6N7O/c20-11-1-2-13(31-30-5-4-26)12(7-11)17(33)32-6-3-18(21,22)15(32)9-29-16-10-27-14(8-28-16)19(23,24)25/h1-2,4-5,7-8,10,15,26,31H,3,6,9H2,(H,28,29)/b26-4?,30-5-. The number of aromatic nitrogens is 2. The van der Waals surface area contributed by atoms with Crippen molar-refractivity contribution in [3.63, 3.8) is 0 Å². The number of anilines is 2. The van der Waals surface area contributed by atoms with Crippen molar-refractivity contribution in [3.8, 4) is 0 Å². The molecule has 8 nitrogen and oxygen atoms in total. The van der Waals surface area contributed by atoms with E-state index in [0.717, 1.165) is 35.7 Å². The fourth-order valence-electron chi connectivity index (χ4n) is 3.18. The summed E-state index contributed by atoms with van der Waals surface area (Å²) in [5.41, 5.74) is 0.986. The summed E-state index contributed by atoms with van der Waals surface area (Å²) in [6, 6.07) is 1.42. The molecule has 1 saturated heterocycles. The van der Waals surface area contributed by atoms with Gasteiger partial charge in [0.05, 0.1) is 29.9 Å². The summed E-state index contributed by atoms with van der Waals surface area (Å²) < 4.78 is 80.6. The molecule has 0 saturated carbocycles. The summed E-state index contributed by atoms with van der Waals surface area (Å²) in [6.07, 6.45) is -2.25. The Hall–Kier alpha value is -3.71. The highest BCUT2D eigenvalue weighted by atomic mass is 19.4. The number of rotatable bonds is 7.